The first-order valence-corrected chi connectivity index (χ1v) is 10.7. The number of piperidine rings is 1. The Hall–Kier alpha value is -1.50. The van der Waals surface area contributed by atoms with Gasteiger partial charge in [0.15, 0.2) is 5.82 Å². The van der Waals surface area contributed by atoms with Crippen molar-refractivity contribution in [2.45, 2.75) is 64.2 Å². The number of fused-ring (bicyclic) bond motifs is 1. The molecule has 2 heterocycles. The zero-order valence-corrected chi connectivity index (χ0v) is 16.7. The van der Waals surface area contributed by atoms with E-state index in [1.807, 2.05) is 6.92 Å². The van der Waals surface area contributed by atoms with Gasteiger partial charge in [-0.25, -0.2) is 0 Å². The van der Waals surface area contributed by atoms with Crippen molar-refractivity contribution in [2.24, 2.45) is 11.8 Å². The smallest absolute Gasteiger partial charge is 0.238 e. The number of carbonyl (C=O) groups excluding carboxylic acids is 2. The average Bonchev–Trinajstić information content (AvgIpc) is 3.04. The van der Waals surface area contributed by atoms with Gasteiger partial charge < -0.3 is 14.7 Å². The highest BCUT2D eigenvalue weighted by Crippen LogP contribution is 2.39. The van der Waals surface area contributed by atoms with E-state index < -0.39 is 0 Å². The summed E-state index contributed by atoms with van der Waals surface area (Å²) in [5, 5.41) is 6.18. The van der Waals surface area contributed by atoms with Crippen molar-refractivity contribution in [3.8, 4) is 0 Å². The van der Waals surface area contributed by atoms with Gasteiger partial charge in [0.2, 0.25) is 11.8 Å². The monoisotopic (exact) mass is 379 g/mol. The summed E-state index contributed by atoms with van der Waals surface area (Å²) in [6.45, 7) is 6.79. The molecule has 2 aliphatic rings. The van der Waals surface area contributed by atoms with Gasteiger partial charge in [-0.05, 0) is 44.9 Å². The van der Waals surface area contributed by atoms with Gasteiger partial charge in [0, 0.05) is 18.7 Å². The van der Waals surface area contributed by atoms with Crippen LogP contribution in [0, 0.1) is 18.8 Å². The van der Waals surface area contributed by atoms with Crippen molar-refractivity contribution in [2.75, 3.05) is 17.6 Å². The number of nitrogens with one attached hydrogen (secondary N) is 1. The van der Waals surface area contributed by atoms with Crippen LogP contribution >= 0.6 is 11.8 Å². The van der Waals surface area contributed by atoms with E-state index in [2.05, 4.69) is 22.3 Å². The molecule has 0 radical (unpaired) electrons. The number of aromatic nitrogens is 1. The minimum atomic E-state index is -0.318. The number of hydrogen-bond acceptors (Lipinski definition) is 5. The van der Waals surface area contributed by atoms with Crippen LogP contribution in [-0.2, 0) is 9.59 Å². The van der Waals surface area contributed by atoms with E-state index in [1.54, 1.807) is 13.0 Å². The lowest BCUT2D eigenvalue weighted by Crippen LogP contribution is -2.53. The predicted molar refractivity (Wildman–Crippen MR) is 103 cm³/mol. The highest BCUT2D eigenvalue weighted by atomic mass is 32.2. The number of nitrogens with zero attached hydrogens (tertiary/aromatic N) is 2. The van der Waals surface area contributed by atoms with E-state index in [1.165, 1.54) is 31.0 Å². The zero-order valence-electron chi connectivity index (χ0n) is 15.9. The van der Waals surface area contributed by atoms with Crippen LogP contribution in [0.3, 0.4) is 0 Å². The number of aryl methyl sites for hydroxylation is 1. The maximum absolute atomic E-state index is 12.8. The van der Waals surface area contributed by atoms with Gasteiger partial charge in [0.25, 0.3) is 0 Å². The Morgan fingerprint density at radius 3 is 2.88 bits per heavy atom. The molecule has 1 N–H and O–H groups in total. The van der Waals surface area contributed by atoms with Crippen molar-refractivity contribution in [1.29, 1.82) is 0 Å². The van der Waals surface area contributed by atoms with Crippen LogP contribution in [0.5, 0.6) is 0 Å². The lowest BCUT2D eigenvalue weighted by molar-refractivity contribution is -0.136. The fourth-order valence-corrected chi connectivity index (χ4v) is 5.00. The Morgan fingerprint density at radius 2 is 2.15 bits per heavy atom. The van der Waals surface area contributed by atoms with Gasteiger partial charge in [-0.15, -0.1) is 11.8 Å². The summed E-state index contributed by atoms with van der Waals surface area (Å²) in [7, 11) is 0. The summed E-state index contributed by atoms with van der Waals surface area (Å²) >= 11 is 1.39. The Kier molecular flexibility index (Phi) is 6.27. The molecule has 1 aliphatic carbocycles. The van der Waals surface area contributed by atoms with Gasteiger partial charge >= 0.3 is 0 Å². The van der Waals surface area contributed by atoms with Crippen LogP contribution in [0.4, 0.5) is 5.82 Å². The molecule has 1 aliphatic heterocycles. The molecule has 6 nitrogen and oxygen atoms in total. The number of anilines is 1. The second-order valence-electron chi connectivity index (χ2n) is 7.63. The number of amides is 2. The van der Waals surface area contributed by atoms with E-state index in [4.69, 9.17) is 4.52 Å². The summed E-state index contributed by atoms with van der Waals surface area (Å²) in [6.07, 6.45) is 5.99. The Morgan fingerprint density at radius 1 is 1.38 bits per heavy atom. The molecule has 0 spiro atoms. The van der Waals surface area contributed by atoms with Crippen LogP contribution in [0.25, 0.3) is 0 Å². The second kappa shape index (κ2) is 8.46. The first kappa shape index (κ1) is 19.3. The Balaban J connectivity index is 1.50. The molecule has 2 amide bonds. The topological polar surface area (TPSA) is 75.4 Å². The molecule has 1 saturated carbocycles. The fraction of sp³-hybridized carbons (Fsp3) is 0.737. The Bertz CT molecular complexity index is 648. The molecular weight excluding hydrogens is 350 g/mol. The highest BCUT2D eigenvalue weighted by Gasteiger charge is 2.39. The molecule has 1 aromatic rings. The number of hydrogen-bond donors (Lipinski definition) is 1. The maximum atomic E-state index is 12.8. The predicted octanol–water partition coefficient (Wildman–Crippen LogP) is 3.47. The third-order valence-electron chi connectivity index (χ3n) is 5.76. The van der Waals surface area contributed by atoms with Gasteiger partial charge in [0.05, 0.1) is 11.0 Å². The zero-order chi connectivity index (χ0) is 18.7. The van der Waals surface area contributed by atoms with E-state index in [0.29, 0.717) is 35.2 Å². The van der Waals surface area contributed by atoms with Crippen LogP contribution in [0.2, 0.25) is 0 Å². The molecule has 0 unspecified atom stereocenters. The van der Waals surface area contributed by atoms with Gasteiger partial charge in [-0.1, -0.05) is 24.9 Å². The minimum absolute atomic E-state index is 0.154. The van der Waals surface area contributed by atoms with Crippen LogP contribution in [0.1, 0.15) is 51.7 Å². The van der Waals surface area contributed by atoms with Crippen molar-refractivity contribution >= 4 is 29.4 Å². The molecule has 4 atom stereocenters. The quantitative estimate of drug-likeness (QED) is 0.848. The van der Waals surface area contributed by atoms with E-state index in [0.717, 1.165) is 19.4 Å². The van der Waals surface area contributed by atoms with Crippen LogP contribution in [-0.4, -0.2) is 45.5 Å². The number of thioether (sulfide) groups is 1. The molecule has 7 heteroatoms. The molecular formula is C19H29N3O3S. The first-order chi connectivity index (χ1) is 12.5. The Labute approximate surface area is 159 Å². The lowest BCUT2D eigenvalue weighted by atomic mass is 9.72. The van der Waals surface area contributed by atoms with E-state index in [9.17, 15) is 9.59 Å². The van der Waals surface area contributed by atoms with Crippen molar-refractivity contribution in [3.63, 3.8) is 0 Å². The summed E-state index contributed by atoms with van der Waals surface area (Å²) in [5.74, 6) is 2.81. The maximum Gasteiger partial charge on any atom is 0.238 e. The summed E-state index contributed by atoms with van der Waals surface area (Å²) in [5.41, 5.74) is 0. The van der Waals surface area contributed by atoms with Crippen molar-refractivity contribution < 1.29 is 14.1 Å². The van der Waals surface area contributed by atoms with Crippen LogP contribution in [0.15, 0.2) is 10.6 Å². The molecule has 1 aromatic heterocycles. The average molecular weight is 380 g/mol. The molecule has 0 bridgehead atoms. The highest BCUT2D eigenvalue weighted by molar-refractivity contribution is 8.01. The number of carbonyl (C=O) groups is 2. The summed E-state index contributed by atoms with van der Waals surface area (Å²) in [4.78, 5) is 27.1. The number of rotatable bonds is 5. The number of likely N-dealkylation sites (tertiary alicyclic amines) is 1. The molecule has 0 aromatic carbocycles. The molecule has 1 saturated heterocycles. The van der Waals surface area contributed by atoms with E-state index in [-0.39, 0.29) is 17.1 Å². The standard InChI is InChI=1S/C19H29N3O3S/c1-12-8-9-22(16-7-5-4-6-15(12)16)18(23)11-26-14(3)19(24)20-17-10-13(2)25-21-17/h10,12,14-16H,4-9,11H2,1-3H3,(H,20,21,24)/t12-,14-,15+,16-/m0/s1. The summed E-state index contributed by atoms with van der Waals surface area (Å²) in [6, 6.07) is 2.08. The van der Waals surface area contributed by atoms with Crippen LogP contribution < -0.4 is 5.32 Å². The molecule has 2 fully saturated rings. The third kappa shape index (κ3) is 4.42. The lowest BCUT2D eigenvalue weighted by Gasteiger charge is -2.47. The van der Waals surface area contributed by atoms with Gasteiger partial charge in [0.1, 0.15) is 5.76 Å². The van der Waals surface area contributed by atoms with Gasteiger partial charge in [-0.3, -0.25) is 9.59 Å². The van der Waals surface area contributed by atoms with E-state index >= 15 is 0 Å². The molecule has 3 rings (SSSR count). The molecule has 26 heavy (non-hydrogen) atoms. The summed E-state index contributed by atoms with van der Waals surface area (Å²) < 4.78 is 4.95. The SMILES string of the molecule is Cc1cc(NC(=O)[C@H](C)SCC(=O)N2CC[C@H](C)[C@H]3CCCC[C@@H]32)no1. The third-order valence-corrected chi connectivity index (χ3v) is 6.89. The van der Waals surface area contributed by atoms with Gasteiger partial charge in [-0.2, -0.15) is 0 Å². The minimum Gasteiger partial charge on any atom is -0.360 e. The van der Waals surface area contributed by atoms with Crippen molar-refractivity contribution in [3.05, 3.63) is 11.8 Å². The van der Waals surface area contributed by atoms with Crippen molar-refractivity contribution in [1.82, 2.24) is 10.1 Å². The fourth-order valence-electron chi connectivity index (χ4n) is 4.23. The largest absolute Gasteiger partial charge is 0.360 e. The first-order valence-electron chi connectivity index (χ1n) is 9.61. The normalized spacial score (nSPS) is 26.9. The molecule has 144 valence electrons. The second-order valence-corrected chi connectivity index (χ2v) is 8.96.